The quantitative estimate of drug-likeness (QED) is 0.574. The van der Waals surface area contributed by atoms with Crippen LogP contribution < -0.4 is 0 Å². The highest BCUT2D eigenvalue weighted by Gasteiger charge is 2.08. The van der Waals surface area contributed by atoms with E-state index in [2.05, 4.69) is 15.3 Å². The Morgan fingerprint density at radius 3 is 2.83 bits per heavy atom. The van der Waals surface area contributed by atoms with Gasteiger partial charge in [-0.05, 0) is 67.2 Å². The summed E-state index contributed by atoms with van der Waals surface area (Å²) in [4.78, 5) is 0. The topological polar surface area (TPSA) is 59.1 Å². The summed E-state index contributed by atoms with van der Waals surface area (Å²) in [5.41, 5.74) is 1.59. The predicted octanol–water partition coefficient (Wildman–Crippen LogP) is 4.28. The molecule has 0 saturated heterocycles. The van der Waals surface area contributed by atoms with Gasteiger partial charge < -0.3 is 4.42 Å². The molecule has 0 atom stereocenters. The predicted molar refractivity (Wildman–Crippen MR) is 89.1 cm³/mol. The monoisotopic (exact) mass is 328 g/mol. The van der Waals surface area contributed by atoms with Gasteiger partial charge in [-0.3, -0.25) is 0 Å². The second-order valence-electron chi connectivity index (χ2n) is 4.82. The first kappa shape index (κ1) is 15.1. The van der Waals surface area contributed by atoms with Crippen LogP contribution in [0.1, 0.15) is 12.7 Å². The SMILES string of the molecule is CC(/C=N/n1c(-c2ccc(F)cc2)n[nH]c1=S)=C\c1ccco1. The Kier molecular flexibility index (Phi) is 4.29. The summed E-state index contributed by atoms with van der Waals surface area (Å²) < 4.78 is 20.1. The number of nitrogens with one attached hydrogen (secondary N) is 1. The van der Waals surface area contributed by atoms with Gasteiger partial charge in [-0.1, -0.05) is 0 Å². The van der Waals surface area contributed by atoms with E-state index in [1.807, 2.05) is 25.1 Å². The fraction of sp³-hybridized carbons (Fsp3) is 0.0625. The molecule has 116 valence electrons. The lowest BCUT2D eigenvalue weighted by molar-refractivity contribution is 0.557. The zero-order valence-corrected chi connectivity index (χ0v) is 13.0. The summed E-state index contributed by atoms with van der Waals surface area (Å²) in [6.07, 6.45) is 5.11. The Balaban J connectivity index is 1.91. The molecular weight excluding hydrogens is 315 g/mol. The van der Waals surface area contributed by atoms with E-state index >= 15 is 0 Å². The van der Waals surface area contributed by atoms with Crippen LogP contribution in [0, 0.1) is 10.6 Å². The third kappa shape index (κ3) is 3.51. The van der Waals surface area contributed by atoms with Crippen molar-refractivity contribution in [3.8, 4) is 11.4 Å². The summed E-state index contributed by atoms with van der Waals surface area (Å²) in [7, 11) is 0. The van der Waals surface area contributed by atoms with Crippen LogP contribution in [-0.2, 0) is 0 Å². The summed E-state index contributed by atoms with van der Waals surface area (Å²) in [6, 6.07) is 9.64. The standard InChI is InChI=1S/C16H13FN4OS/c1-11(9-14-3-2-8-22-14)10-18-21-15(19-20-16(21)23)12-4-6-13(17)7-5-12/h2-10H,1H3,(H,20,23)/b11-9+,18-10+. The fourth-order valence-corrected chi connectivity index (χ4v) is 2.15. The first-order valence-corrected chi connectivity index (χ1v) is 7.24. The lowest BCUT2D eigenvalue weighted by atomic mass is 10.2. The van der Waals surface area contributed by atoms with Gasteiger partial charge in [0.15, 0.2) is 5.82 Å². The van der Waals surface area contributed by atoms with E-state index < -0.39 is 0 Å². The molecule has 0 spiro atoms. The Labute approximate surface area is 136 Å². The maximum absolute atomic E-state index is 13.0. The van der Waals surface area contributed by atoms with Gasteiger partial charge in [0.05, 0.1) is 12.5 Å². The molecule has 7 heteroatoms. The van der Waals surface area contributed by atoms with E-state index in [4.69, 9.17) is 16.6 Å². The Morgan fingerprint density at radius 2 is 2.13 bits per heavy atom. The minimum Gasteiger partial charge on any atom is -0.465 e. The van der Waals surface area contributed by atoms with Gasteiger partial charge in [0.1, 0.15) is 11.6 Å². The van der Waals surface area contributed by atoms with Crippen molar-refractivity contribution >= 4 is 24.5 Å². The number of allylic oxidation sites excluding steroid dienone is 1. The molecule has 0 aliphatic rings. The molecule has 2 heterocycles. The maximum atomic E-state index is 13.0. The molecule has 0 unspecified atom stereocenters. The normalized spacial score (nSPS) is 12.2. The number of hydrogen-bond acceptors (Lipinski definition) is 4. The smallest absolute Gasteiger partial charge is 0.216 e. The van der Waals surface area contributed by atoms with E-state index in [0.29, 0.717) is 16.2 Å². The molecule has 1 N–H and O–H groups in total. The van der Waals surface area contributed by atoms with Crippen molar-refractivity contribution in [1.82, 2.24) is 14.9 Å². The molecule has 0 aliphatic carbocycles. The van der Waals surface area contributed by atoms with Crippen molar-refractivity contribution < 1.29 is 8.81 Å². The number of nitrogens with zero attached hydrogens (tertiary/aromatic N) is 3. The number of benzene rings is 1. The number of aromatic amines is 1. The molecule has 0 bridgehead atoms. The highest BCUT2D eigenvalue weighted by Crippen LogP contribution is 2.17. The van der Waals surface area contributed by atoms with Gasteiger partial charge in [0, 0.05) is 5.56 Å². The van der Waals surface area contributed by atoms with Gasteiger partial charge in [-0.15, -0.1) is 0 Å². The second kappa shape index (κ2) is 6.53. The van der Waals surface area contributed by atoms with Crippen molar-refractivity contribution in [3.63, 3.8) is 0 Å². The zero-order valence-electron chi connectivity index (χ0n) is 12.2. The summed E-state index contributed by atoms with van der Waals surface area (Å²) in [5, 5.41) is 11.2. The van der Waals surface area contributed by atoms with Crippen LogP contribution in [0.3, 0.4) is 0 Å². The van der Waals surface area contributed by atoms with Crippen molar-refractivity contribution in [3.05, 3.63) is 64.6 Å². The Bertz CT molecular complexity index is 904. The molecule has 0 fully saturated rings. The average molecular weight is 328 g/mol. The van der Waals surface area contributed by atoms with E-state index in [-0.39, 0.29) is 5.82 Å². The fourth-order valence-electron chi connectivity index (χ4n) is 1.97. The first-order chi connectivity index (χ1) is 11.1. The summed E-state index contributed by atoms with van der Waals surface area (Å²) >= 11 is 5.19. The molecule has 3 rings (SSSR count). The largest absolute Gasteiger partial charge is 0.465 e. The van der Waals surface area contributed by atoms with Gasteiger partial charge in [-0.25, -0.2) is 9.49 Å². The molecule has 2 aromatic heterocycles. The van der Waals surface area contributed by atoms with Crippen LogP contribution in [0.25, 0.3) is 17.5 Å². The third-order valence-electron chi connectivity index (χ3n) is 3.04. The molecule has 0 amide bonds. The molecule has 3 aromatic rings. The van der Waals surface area contributed by atoms with Gasteiger partial charge >= 0.3 is 0 Å². The molecule has 5 nitrogen and oxygen atoms in total. The number of hydrogen-bond donors (Lipinski definition) is 1. The molecule has 23 heavy (non-hydrogen) atoms. The molecule has 0 aliphatic heterocycles. The van der Waals surface area contributed by atoms with E-state index in [0.717, 1.165) is 11.3 Å². The molecule has 1 aromatic carbocycles. The maximum Gasteiger partial charge on any atom is 0.216 e. The van der Waals surface area contributed by atoms with Gasteiger partial charge in [0.2, 0.25) is 4.77 Å². The third-order valence-corrected chi connectivity index (χ3v) is 3.31. The van der Waals surface area contributed by atoms with Crippen LogP contribution in [0.2, 0.25) is 0 Å². The number of rotatable bonds is 4. The Hall–Kier alpha value is -2.80. The van der Waals surface area contributed by atoms with Gasteiger partial charge in [0.25, 0.3) is 0 Å². The van der Waals surface area contributed by atoms with Crippen LogP contribution in [0.4, 0.5) is 4.39 Å². The Morgan fingerprint density at radius 1 is 1.35 bits per heavy atom. The minimum atomic E-state index is -0.310. The average Bonchev–Trinajstić information content (AvgIpc) is 3.16. The van der Waals surface area contributed by atoms with E-state index in [1.54, 1.807) is 24.6 Å². The van der Waals surface area contributed by atoms with Crippen molar-refractivity contribution in [1.29, 1.82) is 0 Å². The van der Waals surface area contributed by atoms with Crippen LogP contribution in [0.5, 0.6) is 0 Å². The van der Waals surface area contributed by atoms with E-state index in [9.17, 15) is 4.39 Å². The van der Waals surface area contributed by atoms with Crippen molar-refractivity contribution in [2.75, 3.05) is 0 Å². The van der Waals surface area contributed by atoms with Crippen LogP contribution >= 0.6 is 12.2 Å². The number of furan rings is 1. The minimum absolute atomic E-state index is 0.310. The lowest BCUT2D eigenvalue weighted by Gasteiger charge is -2.00. The molecule has 0 saturated carbocycles. The van der Waals surface area contributed by atoms with Crippen molar-refractivity contribution in [2.24, 2.45) is 5.10 Å². The highest BCUT2D eigenvalue weighted by atomic mass is 32.1. The zero-order chi connectivity index (χ0) is 16.2. The highest BCUT2D eigenvalue weighted by molar-refractivity contribution is 7.71. The number of halogens is 1. The second-order valence-corrected chi connectivity index (χ2v) is 5.21. The number of H-pyrrole nitrogens is 1. The number of aromatic nitrogens is 3. The van der Waals surface area contributed by atoms with Crippen molar-refractivity contribution in [2.45, 2.75) is 6.92 Å². The summed E-state index contributed by atoms with van der Waals surface area (Å²) in [6.45, 7) is 1.90. The molecular formula is C16H13FN4OS. The molecule has 0 radical (unpaired) electrons. The lowest BCUT2D eigenvalue weighted by Crippen LogP contribution is -1.95. The first-order valence-electron chi connectivity index (χ1n) is 6.83. The van der Waals surface area contributed by atoms with Crippen LogP contribution in [-0.4, -0.2) is 21.1 Å². The summed E-state index contributed by atoms with van der Waals surface area (Å²) in [5.74, 6) is 0.940. The van der Waals surface area contributed by atoms with Crippen LogP contribution in [0.15, 0.2) is 57.8 Å². The van der Waals surface area contributed by atoms with Gasteiger partial charge in [-0.2, -0.15) is 14.9 Å². The van der Waals surface area contributed by atoms with E-state index in [1.165, 1.54) is 16.8 Å².